The average Bonchev–Trinajstić information content (AvgIpc) is 2.16. The third-order valence-electron chi connectivity index (χ3n) is 4.40. The fraction of sp³-hybridized carbons (Fsp3) is 0.933. The summed E-state index contributed by atoms with van der Waals surface area (Å²) < 4.78 is 0. The topological polar surface area (TPSA) is 55.1 Å². The lowest BCUT2D eigenvalue weighted by Crippen LogP contribution is -2.54. The average molecular weight is 252 g/mol. The lowest BCUT2D eigenvalue weighted by Gasteiger charge is -2.45. The van der Waals surface area contributed by atoms with Gasteiger partial charge in [-0.3, -0.25) is 4.79 Å². The monoisotopic (exact) mass is 252 g/mol. The number of carbonyl (C=O) groups excluding carboxylic acids is 1. The minimum atomic E-state index is 0.0737. The normalized spacial score (nSPS) is 36.2. The van der Waals surface area contributed by atoms with E-state index in [1.807, 2.05) is 0 Å². The highest BCUT2D eigenvalue weighted by Crippen LogP contribution is 2.39. The van der Waals surface area contributed by atoms with Gasteiger partial charge in [-0.15, -0.1) is 0 Å². The number of rotatable bonds is 2. The van der Waals surface area contributed by atoms with Gasteiger partial charge in [0.25, 0.3) is 0 Å². The Morgan fingerprint density at radius 2 is 1.78 bits per heavy atom. The molecule has 2 aliphatic carbocycles. The van der Waals surface area contributed by atoms with E-state index in [1.165, 1.54) is 19.3 Å². The fourth-order valence-electron chi connectivity index (χ4n) is 3.74. The summed E-state index contributed by atoms with van der Waals surface area (Å²) in [5.41, 5.74) is 6.18. The van der Waals surface area contributed by atoms with Crippen molar-refractivity contribution in [2.24, 2.45) is 23.0 Å². The van der Waals surface area contributed by atoms with Crippen molar-refractivity contribution in [3.05, 3.63) is 0 Å². The molecule has 3 heteroatoms. The summed E-state index contributed by atoms with van der Waals surface area (Å²) in [7, 11) is 0. The summed E-state index contributed by atoms with van der Waals surface area (Å²) in [6.45, 7) is 6.35. The molecule has 0 saturated heterocycles. The van der Waals surface area contributed by atoms with Crippen LogP contribution in [-0.4, -0.2) is 18.0 Å². The molecule has 2 unspecified atom stereocenters. The molecule has 0 aromatic carbocycles. The van der Waals surface area contributed by atoms with Crippen LogP contribution in [0.15, 0.2) is 0 Å². The minimum absolute atomic E-state index is 0.0737. The molecular weight excluding hydrogens is 224 g/mol. The third-order valence-corrected chi connectivity index (χ3v) is 4.40. The Labute approximate surface area is 111 Å². The van der Waals surface area contributed by atoms with Gasteiger partial charge in [-0.25, -0.2) is 0 Å². The Balaban J connectivity index is 1.94. The molecule has 0 aromatic heterocycles. The van der Waals surface area contributed by atoms with Crippen LogP contribution in [0.2, 0.25) is 0 Å². The molecule has 2 rings (SSSR count). The van der Waals surface area contributed by atoms with Crippen molar-refractivity contribution in [2.45, 2.75) is 71.4 Å². The van der Waals surface area contributed by atoms with Gasteiger partial charge in [-0.2, -0.15) is 0 Å². The van der Waals surface area contributed by atoms with Crippen LogP contribution in [0.4, 0.5) is 0 Å². The summed E-state index contributed by atoms with van der Waals surface area (Å²) in [5, 5.41) is 3.30. The maximum Gasteiger partial charge on any atom is 0.220 e. The molecule has 2 saturated carbocycles. The number of nitrogens with two attached hydrogens (primary N) is 1. The number of fused-ring (bicyclic) bond motifs is 2. The van der Waals surface area contributed by atoms with E-state index in [1.54, 1.807) is 0 Å². The van der Waals surface area contributed by atoms with Crippen LogP contribution in [0.1, 0.15) is 59.3 Å². The predicted octanol–water partition coefficient (Wildman–Crippen LogP) is 2.44. The van der Waals surface area contributed by atoms with Crippen molar-refractivity contribution in [1.29, 1.82) is 0 Å². The van der Waals surface area contributed by atoms with E-state index in [9.17, 15) is 4.79 Å². The highest BCUT2D eigenvalue weighted by molar-refractivity contribution is 5.77. The second-order valence-corrected chi connectivity index (χ2v) is 7.51. The Kier molecular flexibility index (Phi) is 4.00. The zero-order chi connectivity index (χ0) is 13.3. The Hall–Kier alpha value is -0.570. The van der Waals surface area contributed by atoms with Crippen LogP contribution in [-0.2, 0) is 4.79 Å². The van der Waals surface area contributed by atoms with Gasteiger partial charge in [0.1, 0.15) is 0 Å². The molecule has 0 spiro atoms. The number of hydrogen-bond acceptors (Lipinski definition) is 2. The maximum absolute atomic E-state index is 12.1. The summed E-state index contributed by atoms with van der Waals surface area (Å²) in [6.07, 6.45) is 6.60. The lowest BCUT2D eigenvalue weighted by molar-refractivity contribution is -0.125. The molecule has 2 aliphatic rings. The molecule has 1 amide bonds. The Morgan fingerprint density at radius 3 is 2.28 bits per heavy atom. The van der Waals surface area contributed by atoms with Crippen LogP contribution >= 0.6 is 0 Å². The van der Waals surface area contributed by atoms with Gasteiger partial charge in [0.15, 0.2) is 0 Å². The molecule has 3 N–H and O–H groups in total. The number of nitrogens with one attached hydrogen (secondary N) is 1. The molecule has 2 atom stereocenters. The molecule has 104 valence electrons. The molecule has 3 nitrogen and oxygen atoms in total. The van der Waals surface area contributed by atoms with Crippen LogP contribution in [0, 0.1) is 17.3 Å². The van der Waals surface area contributed by atoms with Crippen LogP contribution < -0.4 is 11.1 Å². The van der Waals surface area contributed by atoms with Crippen molar-refractivity contribution in [2.75, 3.05) is 0 Å². The minimum Gasteiger partial charge on any atom is -0.353 e. The standard InChI is InChI=1S/C15H28N2O/c1-15(2,3)9-13(18)17-14-10-5-4-6-11(14)8-12(16)7-10/h10-12,14H,4-9,16H2,1-3H3,(H,17,18). The van der Waals surface area contributed by atoms with Gasteiger partial charge in [0.05, 0.1) is 0 Å². The molecule has 18 heavy (non-hydrogen) atoms. The quantitative estimate of drug-likeness (QED) is 0.793. The first-order valence-corrected chi connectivity index (χ1v) is 7.40. The fourth-order valence-corrected chi connectivity index (χ4v) is 3.74. The molecule has 0 aromatic rings. The highest BCUT2D eigenvalue weighted by Gasteiger charge is 2.40. The summed E-state index contributed by atoms with van der Waals surface area (Å²) in [6, 6.07) is 0.754. The van der Waals surface area contributed by atoms with E-state index in [4.69, 9.17) is 5.73 Å². The number of hydrogen-bond donors (Lipinski definition) is 2. The van der Waals surface area contributed by atoms with E-state index < -0.39 is 0 Å². The molecule has 0 heterocycles. The SMILES string of the molecule is CC(C)(C)CC(=O)NC1C2CCCC1CC(N)C2. The number of carbonyl (C=O) groups is 1. The summed E-state index contributed by atoms with van der Waals surface area (Å²) >= 11 is 0. The van der Waals surface area contributed by atoms with Crippen molar-refractivity contribution in [3.63, 3.8) is 0 Å². The van der Waals surface area contributed by atoms with E-state index in [2.05, 4.69) is 26.1 Å². The van der Waals surface area contributed by atoms with Crippen molar-refractivity contribution >= 4 is 5.91 Å². The zero-order valence-electron chi connectivity index (χ0n) is 12.0. The third kappa shape index (κ3) is 3.47. The van der Waals surface area contributed by atoms with Gasteiger partial charge >= 0.3 is 0 Å². The van der Waals surface area contributed by atoms with Crippen molar-refractivity contribution in [1.82, 2.24) is 5.32 Å². The van der Waals surface area contributed by atoms with Crippen molar-refractivity contribution in [3.8, 4) is 0 Å². The first-order chi connectivity index (χ1) is 8.35. The first-order valence-electron chi connectivity index (χ1n) is 7.40. The number of amides is 1. The van der Waals surface area contributed by atoms with E-state index in [0.717, 1.165) is 12.8 Å². The molecule has 0 radical (unpaired) electrons. The Morgan fingerprint density at radius 1 is 1.22 bits per heavy atom. The summed E-state index contributed by atoms with van der Waals surface area (Å²) in [5.74, 6) is 1.47. The lowest BCUT2D eigenvalue weighted by atomic mass is 9.67. The molecule has 2 bridgehead atoms. The second kappa shape index (κ2) is 5.20. The van der Waals surface area contributed by atoms with Gasteiger partial charge in [0, 0.05) is 18.5 Å². The second-order valence-electron chi connectivity index (χ2n) is 7.51. The van der Waals surface area contributed by atoms with E-state index in [0.29, 0.717) is 30.3 Å². The predicted molar refractivity (Wildman–Crippen MR) is 74.0 cm³/mol. The van der Waals surface area contributed by atoms with E-state index in [-0.39, 0.29) is 11.3 Å². The zero-order valence-corrected chi connectivity index (χ0v) is 12.0. The van der Waals surface area contributed by atoms with Crippen LogP contribution in [0.5, 0.6) is 0 Å². The maximum atomic E-state index is 12.1. The Bertz CT molecular complexity index is 294. The summed E-state index contributed by atoms with van der Waals surface area (Å²) in [4.78, 5) is 12.1. The first kappa shape index (κ1) is 13.9. The van der Waals surface area contributed by atoms with Crippen molar-refractivity contribution < 1.29 is 4.79 Å². The smallest absolute Gasteiger partial charge is 0.220 e. The van der Waals surface area contributed by atoms with Gasteiger partial charge in [-0.05, 0) is 42.9 Å². The molecular formula is C15H28N2O. The largest absolute Gasteiger partial charge is 0.353 e. The molecule has 0 aliphatic heterocycles. The van der Waals surface area contributed by atoms with Gasteiger partial charge in [0.2, 0.25) is 5.91 Å². The highest BCUT2D eigenvalue weighted by atomic mass is 16.1. The van der Waals surface area contributed by atoms with E-state index >= 15 is 0 Å². The molecule has 2 fully saturated rings. The van der Waals surface area contributed by atoms with Crippen LogP contribution in [0.3, 0.4) is 0 Å². The van der Waals surface area contributed by atoms with Gasteiger partial charge < -0.3 is 11.1 Å². The van der Waals surface area contributed by atoms with Crippen LogP contribution in [0.25, 0.3) is 0 Å². The van der Waals surface area contributed by atoms with Gasteiger partial charge in [-0.1, -0.05) is 27.2 Å².